The van der Waals surface area contributed by atoms with Gasteiger partial charge in [0.15, 0.2) is 0 Å². The van der Waals surface area contributed by atoms with Gasteiger partial charge in [-0.1, -0.05) is 12.1 Å². The molecule has 0 aromatic heterocycles. The predicted molar refractivity (Wildman–Crippen MR) is 58.5 cm³/mol. The van der Waals surface area contributed by atoms with Crippen molar-refractivity contribution >= 4 is 13.6 Å². The Morgan fingerprint density at radius 1 is 1.21 bits per heavy atom. The average molecular weight is 298 g/mol. The first-order valence-corrected chi connectivity index (χ1v) is 6.55. The van der Waals surface area contributed by atoms with E-state index in [1.54, 1.807) is 0 Å². The van der Waals surface area contributed by atoms with Crippen LogP contribution in [0.2, 0.25) is 0 Å². The van der Waals surface area contributed by atoms with E-state index in [1.807, 2.05) is 0 Å². The fourth-order valence-corrected chi connectivity index (χ4v) is 1.65. The standard InChI is InChI=1S/C10H10F3O5P/c11-10(12,13)9(14)6-3-7-1-4-8(5-2-7)18-19(15,16)17/h1-2,4-5H,3,6H2,(H2,15,16,17). The van der Waals surface area contributed by atoms with Gasteiger partial charge in [-0.15, -0.1) is 0 Å². The maximum absolute atomic E-state index is 11.9. The topological polar surface area (TPSA) is 83.8 Å². The fraction of sp³-hybridized carbons (Fsp3) is 0.300. The summed E-state index contributed by atoms with van der Waals surface area (Å²) in [6, 6.07) is 5.06. The highest BCUT2D eigenvalue weighted by Crippen LogP contribution is 2.37. The van der Waals surface area contributed by atoms with Crippen molar-refractivity contribution in [3.8, 4) is 5.75 Å². The number of Topliss-reactive ketones (excluding diaryl/α,β-unsaturated/α-hetero) is 1. The van der Waals surface area contributed by atoms with Gasteiger partial charge in [-0.2, -0.15) is 13.2 Å². The Hall–Kier alpha value is -1.37. The normalized spacial score (nSPS) is 12.3. The van der Waals surface area contributed by atoms with Crippen LogP contribution in [0.1, 0.15) is 12.0 Å². The third-order valence-corrected chi connectivity index (χ3v) is 2.55. The highest BCUT2D eigenvalue weighted by molar-refractivity contribution is 7.46. The van der Waals surface area contributed by atoms with Gasteiger partial charge in [0.2, 0.25) is 5.78 Å². The zero-order valence-corrected chi connectivity index (χ0v) is 10.3. The molecule has 9 heteroatoms. The number of carbonyl (C=O) groups excluding carboxylic acids is 1. The van der Waals surface area contributed by atoms with Crippen LogP contribution in [0.4, 0.5) is 13.2 Å². The Kier molecular flexibility index (Phi) is 4.73. The van der Waals surface area contributed by atoms with Crippen LogP contribution in [0.15, 0.2) is 24.3 Å². The van der Waals surface area contributed by atoms with E-state index < -0.39 is 26.2 Å². The first-order chi connectivity index (χ1) is 8.58. The van der Waals surface area contributed by atoms with Gasteiger partial charge in [0.1, 0.15) is 5.75 Å². The summed E-state index contributed by atoms with van der Waals surface area (Å²) in [6.07, 6.45) is -5.64. The summed E-state index contributed by atoms with van der Waals surface area (Å²) in [6.45, 7) is 0. The molecule has 0 radical (unpaired) electrons. The number of alkyl halides is 3. The molecule has 0 aliphatic heterocycles. The van der Waals surface area contributed by atoms with Crippen LogP contribution in [-0.2, 0) is 15.8 Å². The van der Waals surface area contributed by atoms with Crippen LogP contribution in [0.5, 0.6) is 5.75 Å². The Morgan fingerprint density at radius 2 is 1.74 bits per heavy atom. The van der Waals surface area contributed by atoms with Crippen molar-refractivity contribution in [3.63, 3.8) is 0 Å². The molecule has 0 saturated heterocycles. The lowest BCUT2D eigenvalue weighted by molar-refractivity contribution is -0.171. The third kappa shape index (κ3) is 5.87. The number of halogens is 3. The molecule has 0 saturated carbocycles. The van der Waals surface area contributed by atoms with E-state index >= 15 is 0 Å². The van der Waals surface area contributed by atoms with E-state index in [0.717, 1.165) is 0 Å². The maximum atomic E-state index is 11.9. The highest BCUT2D eigenvalue weighted by Gasteiger charge is 2.37. The van der Waals surface area contributed by atoms with Crippen molar-refractivity contribution in [2.24, 2.45) is 0 Å². The monoisotopic (exact) mass is 298 g/mol. The number of phosphoric acid groups is 1. The van der Waals surface area contributed by atoms with Crippen LogP contribution in [0, 0.1) is 0 Å². The first kappa shape index (κ1) is 15.7. The molecule has 106 valence electrons. The quantitative estimate of drug-likeness (QED) is 0.814. The zero-order chi connectivity index (χ0) is 14.7. The van der Waals surface area contributed by atoms with Gasteiger partial charge in [-0.3, -0.25) is 14.6 Å². The van der Waals surface area contributed by atoms with Crippen LogP contribution in [0.25, 0.3) is 0 Å². The highest BCUT2D eigenvalue weighted by atomic mass is 31.2. The van der Waals surface area contributed by atoms with Crippen LogP contribution < -0.4 is 4.52 Å². The number of aryl methyl sites for hydroxylation is 1. The number of rotatable bonds is 5. The van der Waals surface area contributed by atoms with Crippen molar-refractivity contribution in [2.45, 2.75) is 19.0 Å². The number of hydrogen-bond acceptors (Lipinski definition) is 3. The number of ketones is 1. The molecule has 1 aromatic rings. The van der Waals surface area contributed by atoms with E-state index in [2.05, 4.69) is 4.52 Å². The lowest BCUT2D eigenvalue weighted by atomic mass is 10.1. The lowest BCUT2D eigenvalue weighted by Crippen LogP contribution is -2.22. The molecule has 0 atom stereocenters. The molecule has 0 aliphatic rings. The van der Waals surface area contributed by atoms with Crippen molar-refractivity contribution < 1.29 is 36.8 Å². The Bertz CT molecular complexity index is 491. The largest absolute Gasteiger partial charge is 0.524 e. The molecule has 0 bridgehead atoms. The van der Waals surface area contributed by atoms with Gasteiger partial charge >= 0.3 is 14.0 Å². The van der Waals surface area contributed by atoms with Crippen LogP contribution >= 0.6 is 7.82 Å². The summed E-state index contributed by atoms with van der Waals surface area (Å²) in [5.41, 5.74) is 0.427. The van der Waals surface area contributed by atoms with Crippen molar-refractivity contribution in [3.05, 3.63) is 29.8 Å². The van der Waals surface area contributed by atoms with Gasteiger partial charge in [0.25, 0.3) is 0 Å². The summed E-state index contributed by atoms with van der Waals surface area (Å²) in [7, 11) is -4.66. The molecule has 0 aliphatic carbocycles. The first-order valence-electron chi connectivity index (χ1n) is 5.02. The van der Waals surface area contributed by atoms with Crippen LogP contribution in [-0.4, -0.2) is 21.7 Å². The molecule has 0 heterocycles. The van der Waals surface area contributed by atoms with Gasteiger partial charge < -0.3 is 4.52 Å². The second kappa shape index (κ2) is 5.73. The molecule has 1 aromatic carbocycles. The second-order valence-electron chi connectivity index (χ2n) is 3.65. The minimum atomic E-state index is -4.84. The number of benzene rings is 1. The lowest BCUT2D eigenvalue weighted by Gasteiger charge is -2.08. The second-order valence-corrected chi connectivity index (χ2v) is 4.81. The van der Waals surface area contributed by atoms with Gasteiger partial charge in [0.05, 0.1) is 0 Å². The Labute approximate surface area is 106 Å². The molecule has 0 fully saturated rings. The smallest absolute Gasteiger partial charge is 0.404 e. The minimum Gasteiger partial charge on any atom is -0.404 e. The molecule has 2 N–H and O–H groups in total. The fourth-order valence-electron chi connectivity index (χ4n) is 1.25. The summed E-state index contributed by atoms with van der Waals surface area (Å²) in [5, 5.41) is 0. The maximum Gasteiger partial charge on any atom is 0.524 e. The number of hydrogen-bond donors (Lipinski definition) is 2. The van der Waals surface area contributed by atoms with Gasteiger partial charge in [-0.25, -0.2) is 4.57 Å². The number of phosphoric ester groups is 1. The average Bonchev–Trinajstić information content (AvgIpc) is 2.24. The molecule has 0 unspecified atom stereocenters. The summed E-state index contributed by atoms with van der Waals surface area (Å²) in [4.78, 5) is 27.7. The van der Waals surface area contributed by atoms with E-state index in [-0.39, 0.29) is 12.2 Å². The zero-order valence-electron chi connectivity index (χ0n) is 9.42. The molecular weight excluding hydrogens is 288 g/mol. The van der Waals surface area contributed by atoms with E-state index in [0.29, 0.717) is 5.56 Å². The third-order valence-electron chi connectivity index (χ3n) is 2.10. The van der Waals surface area contributed by atoms with Gasteiger partial charge in [-0.05, 0) is 24.1 Å². The van der Waals surface area contributed by atoms with E-state index in [4.69, 9.17) is 9.79 Å². The van der Waals surface area contributed by atoms with Crippen molar-refractivity contribution in [1.82, 2.24) is 0 Å². The van der Waals surface area contributed by atoms with E-state index in [1.165, 1.54) is 24.3 Å². The molecule has 19 heavy (non-hydrogen) atoms. The Balaban J connectivity index is 2.58. The summed E-state index contributed by atoms with van der Waals surface area (Å²) >= 11 is 0. The number of carbonyl (C=O) groups is 1. The molecular formula is C10H10F3O5P. The molecule has 0 spiro atoms. The predicted octanol–water partition coefficient (Wildman–Crippen LogP) is 2.22. The molecule has 5 nitrogen and oxygen atoms in total. The van der Waals surface area contributed by atoms with Crippen molar-refractivity contribution in [2.75, 3.05) is 0 Å². The van der Waals surface area contributed by atoms with E-state index in [9.17, 15) is 22.5 Å². The molecule has 0 amide bonds. The summed E-state index contributed by atoms with van der Waals surface area (Å²) < 4.78 is 50.6. The SMILES string of the molecule is O=C(CCc1ccc(OP(=O)(O)O)cc1)C(F)(F)F. The van der Waals surface area contributed by atoms with Gasteiger partial charge in [0, 0.05) is 6.42 Å². The van der Waals surface area contributed by atoms with Crippen LogP contribution in [0.3, 0.4) is 0 Å². The minimum absolute atomic E-state index is 0.112. The van der Waals surface area contributed by atoms with Crippen molar-refractivity contribution in [1.29, 1.82) is 0 Å². The summed E-state index contributed by atoms with van der Waals surface area (Å²) in [5.74, 6) is -1.93. The Morgan fingerprint density at radius 3 is 2.16 bits per heavy atom. The molecule has 1 rings (SSSR count).